The van der Waals surface area contributed by atoms with Crippen molar-refractivity contribution in [1.82, 2.24) is 0 Å². The van der Waals surface area contributed by atoms with Crippen molar-refractivity contribution in [2.24, 2.45) is 5.73 Å². The number of halogens is 1. The van der Waals surface area contributed by atoms with Crippen LogP contribution in [-0.2, 0) is 10.3 Å². The lowest BCUT2D eigenvalue weighted by molar-refractivity contribution is -0.143. The van der Waals surface area contributed by atoms with Crippen LogP contribution < -0.4 is 11.5 Å². The summed E-state index contributed by atoms with van der Waals surface area (Å²) >= 11 is 5.68. The number of rotatable bonds is 2. The second kappa shape index (κ2) is 3.48. The highest BCUT2D eigenvalue weighted by Crippen LogP contribution is 2.26. The van der Waals surface area contributed by atoms with Crippen molar-refractivity contribution in [3.63, 3.8) is 0 Å². The van der Waals surface area contributed by atoms with Gasteiger partial charge in [-0.2, -0.15) is 0 Å². The largest absolute Gasteiger partial charge is 0.480 e. The van der Waals surface area contributed by atoms with Crippen LogP contribution in [0.4, 0.5) is 5.69 Å². The zero-order chi connectivity index (χ0) is 10.9. The second-order valence-corrected chi connectivity index (χ2v) is 3.68. The van der Waals surface area contributed by atoms with E-state index >= 15 is 0 Å². The number of nitrogens with two attached hydrogens (primary N) is 2. The Labute approximate surface area is 86.5 Å². The van der Waals surface area contributed by atoms with Crippen molar-refractivity contribution in [2.45, 2.75) is 12.5 Å². The van der Waals surface area contributed by atoms with Gasteiger partial charge in [0.2, 0.25) is 0 Å². The van der Waals surface area contributed by atoms with E-state index in [1.54, 1.807) is 6.07 Å². The summed E-state index contributed by atoms with van der Waals surface area (Å²) in [6.45, 7) is 1.38. The van der Waals surface area contributed by atoms with Crippen LogP contribution in [0.25, 0.3) is 0 Å². The molecule has 0 saturated heterocycles. The Morgan fingerprint density at radius 1 is 1.57 bits per heavy atom. The van der Waals surface area contributed by atoms with Crippen molar-refractivity contribution < 1.29 is 9.90 Å². The maximum absolute atomic E-state index is 10.8. The summed E-state index contributed by atoms with van der Waals surface area (Å²) in [5, 5.41) is 9.33. The Morgan fingerprint density at radius 3 is 2.57 bits per heavy atom. The van der Waals surface area contributed by atoms with E-state index in [4.69, 9.17) is 28.2 Å². The van der Waals surface area contributed by atoms with Crippen molar-refractivity contribution in [3.05, 3.63) is 28.8 Å². The molecule has 0 bridgehead atoms. The third-order valence-corrected chi connectivity index (χ3v) is 2.25. The van der Waals surface area contributed by atoms with Crippen LogP contribution in [0.15, 0.2) is 18.2 Å². The summed E-state index contributed by atoms with van der Waals surface area (Å²) in [6, 6.07) is 4.55. The average Bonchev–Trinajstić information content (AvgIpc) is 2.02. The summed E-state index contributed by atoms with van der Waals surface area (Å²) in [5.74, 6) is -1.13. The molecule has 0 spiro atoms. The van der Waals surface area contributed by atoms with Crippen LogP contribution >= 0.6 is 11.6 Å². The zero-order valence-corrected chi connectivity index (χ0v) is 8.38. The number of benzene rings is 1. The van der Waals surface area contributed by atoms with E-state index in [0.717, 1.165) is 0 Å². The van der Waals surface area contributed by atoms with Crippen LogP contribution in [0.1, 0.15) is 12.5 Å². The van der Waals surface area contributed by atoms with Crippen molar-refractivity contribution in [2.75, 3.05) is 5.73 Å². The van der Waals surface area contributed by atoms with Gasteiger partial charge in [0.05, 0.1) is 0 Å². The predicted octanol–water partition coefficient (Wildman–Crippen LogP) is 1.18. The number of anilines is 1. The molecule has 5 heteroatoms. The number of aliphatic carboxylic acids is 1. The van der Waals surface area contributed by atoms with E-state index in [0.29, 0.717) is 10.6 Å². The minimum atomic E-state index is -1.49. The lowest BCUT2D eigenvalue weighted by Gasteiger charge is -2.21. The Morgan fingerprint density at radius 2 is 2.14 bits per heavy atom. The molecule has 0 heterocycles. The fourth-order valence-corrected chi connectivity index (χ4v) is 1.30. The van der Waals surface area contributed by atoms with Gasteiger partial charge in [0.25, 0.3) is 0 Å². The molecule has 0 amide bonds. The maximum Gasteiger partial charge on any atom is 0.328 e. The van der Waals surface area contributed by atoms with Gasteiger partial charge in [0.1, 0.15) is 5.54 Å². The Hall–Kier alpha value is -1.26. The number of hydrogen-bond donors (Lipinski definition) is 3. The third-order valence-electron chi connectivity index (χ3n) is 2.02. The lowest BCUT2D eigenvalue weighted by atomic mass is 9.92. The first kappa shape index (κ1) is 10.8. The predicted molar refractivity (Wildman–Crippen MR) is 55.0 cm³/mol. The molecular formula is C9H11ClN2O2. The number of hydrogen-bond acceptors (Lipinski definition) is 3. The molecule has 0 saturated carbocycles. The highest BCUT2D eigenvalue weighted by molar-refractivity contribution is 6.30. The maximum atomic E-state index is 10.8. The molecule has 5 N–H and O–H groups in total. The standard InChI is InChI=1S/C9H11ClN2O2/c1-9(12,8(13)14)6-3-2-5(10)4-7(6)11/h2-4H,11-12H2,1H3,(H,13,14)/t9-/m1/s1. The van der Waals surface area contributed by atoms with Crippen LogP contribution in [0.2, 0.25) is 5.02 Å². The molecule has 76 valence electrons. The molecular weight excluding hydrogens is 204 g/mol. The van der Waals surface area contributed by atoms with Crippen molar-refractivity contribution >= 4 is 23.3 Å². The van der Waals surface area contributed by atoms with Crippen molar-refractivity contribution in [3.8, 4) is 0 Å². The van der Waals surface area contributed by atoms with Crippen LogP contribution in [0.5, 0.6) is 0 Å². The van der Waals surface area contributed by atoms with E-state index in [2.05, 4.69) is 0 Å². The van der Waals surface area contributed by atoms with Gasteiger partial charge in [-0.1, -0.05) is 17.7 Å². The van der Waals surface area contributed by atoms with Crippen LogP contribution in [0.3, 0.4) is 0 Å². The van der Waals surface area contributed by atoms with E-state index in [1.165, 1.54) is 19.1 Å². The first-order valence-corrected chi connectivity index (χ1v) is 4.31. The molecule has 0 fully saturated rings. The van der Waals surface area contributed by atoms with Crippen LogP contribution in [-0.4, -0.2) is 11.1 Å². The molecule has 4 nitrogen and oxygen atoms in total. The van der Waals surface area contributed by atoms with E-state index < -0.39 is 11.5 Å². The van der Waals surface area contributed by atoms with E-state index in [-0.39, 0.29) is 5.69 Å². The van der Waals surface area contributed by atoms with Gasteiger partial charge in [-0.25, -0.2) is 4.79 Å². The Kier molecular flexibility index (Phi) is 2.69. The average molecular weight is 215 g/mol. The van der Waals surface area contributed by atoms with Gasteiger partial charge in [0, 0.05) is 16.3 Å². The molecule has 1 aromatic carbocycles. The lowest BCUT2D eigenvalue weighted by Crippen LogP contribution is -2.42. The number of carboxylic acids is 1. The van der Waals surface area contributed by atoms with E-state index in [1.807, 2.05) is 0 Å². The van der Waals surface area contributed by atoms with Gasteiger partial charge in [0.15, 0.2) is 0 Å². The molecule has 1 aromatic rings. The van der Waals surface area contributed by atoms with Gasteiger partial charge in [-0.05, 0) is 19.1 Å². The number of carbonyl (C=O) groups is 1. The fourth-order valence-electron chi connectivity index (χ4n) is 1.12. The Bertz CT molecular complexity index is 377. The molecule has 0 aromatic heterocycles. The molecule has 0 aliphatic heterocycles. The van der Waals surface area contributed by atoms with Gasteiger partial charge in [-0.3, -0.25) is 0 Å². The molecule has 0 radical (unpaired) electrons. The monoisotopic (exact) mass is 214 g/mol. The van der Waals surface area contributed by atoms with Crippen molar-refractivity contribution in [1.29, 1.82) is 0 Å². The molecule has 0 aliphatic rings. The number of carboxylic acid groups (broad SMARTS) is 1. The zero-order valence-electron chi connectivity index (χ0n) is 7.62. The van der Waals surface area contributed by atoms with Gasteiger partial charge < -0.3 is 16.6 Å². The molecule has 1 rings (SSSR count). The summed E-state index contributed by atoms with van der Waals surface area (Å²) in [4.78, 5) is 10.8. The fraction of sp³-hybridized carbons (Fsp3) is 0.222. The molecule has 0 aliphatic carbocycles. The summed E-state index contributed by atoms with van der Waals surface area (Å²) in [5.41, 5.74) is 10.4. The first-order valence-electron chi connectivity index (χ1n) is 3.93. The van der Waals surface area contributed by atoms with Gasteiger partial charge >= 0.3 is 5.97 Å². The van der Waals surface area contributed by atoms with E-state index in [9.17, 15) is 4.79 Å². The molecule has 0 unspecified atom stereocenters. The summed E-state index contributed by atoms with van der Waals surface area (Å²) in [6.07, 6.45) is 0. The summed E-state index contributed by atoms with van der Waals surface area (Å²) < 4.78 is 0. The second-order valence-electron chi connectivity index (χ2n) is 3.24. The number of nitrogen functional groups attached to an aromatic ring is 1. The third kappa shape index (κ3) is 1.81. The Balaban J connectivity index is 3.26. The topological polar surface area (TPSA) is 89.3 Å². The molecule has 1 atom stereocenters. The molecule has 14 heavy (non-hydrogen) atoms. The summed E-state index contributed by atoms with van der Waals surface area (Å²) in [7, 11) is 0. The SMILES string of the molecule is C[C@](N)(C(=O)O)c1ccc(Cl)cc1N. The normalized spacial score (nSPS) is 14.8. The minimum Gasteiger partial charge on any atom is -0.480 e. The van der Waals surface area contributed by atoms with Crippen LogP contribution in [0, 0.1) is 0 Å². The highest BCUT2D eigenvalue weighted by atomic mass is 35.5. The first-order chi connectivity index (χ1) is 6.35. The highest BCUT2D eigenvalue weighted by Gasteiger charge is 2.31. The van der Waals surface area contributed by atoms with Gasteiger partial charge in [-0.15, -0.1) is 0 Å². The quantitative estimate of drug-likeness (QED) is 0.645. The minimum absolute atomic E-state index is 0.282. The smallest absolute Gasteiger partial charge is 0.328 e.